The van der Waals surface area contributed by atoms with Crippen molar-refractivity contribution in [2.75, 3.05) is 19.7 Å². The van der Waals surface area contributed by atoms with Crippen LogP contribution in [0, 0.1) is 6.92 Å². The minimum absolute atomic E-state index is 0.168. The van der Waals surface area contributed by atoms with E-state index in [0.29, 0.717) is 18.9 Å². The van der Waals surface area contributed by atoms with Gasteiger partial charge in [-0.25, -0.2) is 0 Å². The summed E-state index contributed by atoms with van der Waals surface area (Å²) in [5, 5.41) is 7.03. The van der Waals surface area contributed by atoms with E-state index in [1.54, 1.807) is 6.20 Å². The van der Waals surface area contributed by atoms with Crippen molar-refractivity contribution in [3.63, 3.8) is 0 Å². The molecule has 2 aromatic rings. The first kappa shape index (κ1) is 15.6. The lowest BCUT2D eigenvalue weighted by Crippen LogP contribution is -2.39. The van der Waals surface area contributed by atoms with Gasteiger partial charge in [0.25, 0.3) is 0 Å². The monoisotopic (exact) mass is 313 g/mol. The second kappa shape index (κ2) is 7.31. The van der Waals surface area contributed by atoms with E-state index in [0.717, 1.165) is 37.4 Å². The van der Waals surface area contributed by atoms with Crippen molar-refractivity contribution in [2.24, 2.45) is 0 Å². The largest absolute Gasteiger partial charge is 0.493 e. The number of aromatic nitrogens is 2. The van der Waals surface area contributed by atoms with Crippen LogP contribution >= 0.6 is 0 Å². The van der Waals surface area contributed by atoms with Gasteiger partial charge >= 0.3 is 0 Å². The summed E-state index contributed by atoms with van der Waals surface area (Å²) < 4.78 is 5.66. The average molecular weight is 313 g/mol. The molecule has 122 valence electrons. The molecule has 1 aliphatic heterocycles. The lowest BCUT2D eigenvalue weighted by molar-refractivity contribution is -0.132. The third kappa shape index (κ3) is 4.12. The van der Waals surface area contributed by atoms with E-state index in [2.05, 4.69) is 10.2 Å². The standard InChI is InChI=1S/C18H23N3O2/c1-14-4-6-16(7-5-14)23-12-9-18(22)21-11-2-3-15(13-21)17-8-10-19-20-17/h4-8,10,15H,2-3,9,11-13H2,1H3,(H,19,20)/t15-/m0/s1. The van der Waals surface area contributed by atoms with Crippen LogP contribution in [0.5, 0.6) is 5.75 Å². The number of nitrogens with zero attached hydrogens (tertiary/aromatic N) is 2. The summed E-state index contributed by atoms with van der Waals surface area (Å²) in [5.41, 5.74) is 2.32. The number of amides is 1. The van der Waals surface area contributed by atoms with Crippen LogP contribution in [0.4, 0.5) is 0 Å². The van der Waals surface area contributed by atoms with E-state index in [4.69, 9.17) is 4.74 Å². The fourth-order valence-electron chi connectivity index (χ4n) is 3.00. The lowest BCUT2D eigenvalue weighted by atomic mass is 9.95. The van der Waals surface area contributed by atoms with Gasteiger partial charge in [0, 0.05) is 30.9 Å². The summed E-state index contributed by atoms with van der Waals surface area (Å²) in [6, 6.07) is 9.90. The van der Waals surface area contributed by atoms with E-state index >= 15 is 0 Å². The molecule has 1 atom stereocenters. The van der Waals surface area contributed by atoms with E-state index in [1.807, 2.05) is 42.2 Å². The number of carbonyl (C=O) groups is 1. The Hall–Kier alpha value is -2.30. The van der Waals surface area contributed by atoms with Gasteiger partial charge in [-0.2, -0.15) is 5.10 Å². The highest BCUT2D eigenvalue weighted by atomic mass is 16.5. The van der Waals surface area contributed by atoms with Gasteiger partial charge in [-0.15, -0.1) is 0 Å². The van der Waals surface area contributed by atoms with Gasteiger partial charge in [0.15, 0.2) is 0 Å². The number of carbonyl (C=O) groups excluding carboxylic acids is 1. The maximum Gasteiger partial charge on any atom is 0.226 e. The zero-order valence-electron chi connectivity index (χ0n) is 13.5. The lowest BCUT2D eigenvalue weighted by Gasteiger charge is -2.32. The minimum atomic E-state index is 0.168. The molecule has 23 heavy (non-hydrogen) atoms. The Kier molecular flexibility index (Phi) is 4.95. The summed E-state index contributed by atoms with van der Waals surface area (Å²) in [5.74, 6) is 1.35. The van der Waals surface area contributed by atoms with Gasteiger partial charge in [0.1, 0.15) is 5.75 Å². The quantitative estimate of drug-likeness (QED) is 0.923. The molecule has 2 heterocycles. The molecule has 1 saturated heterocycles. The maximum absolute atomic E-state index is 12.4. The molecule has 1 aromatic carbocycles. The summed E-state index contributed by atoms with van der Waals surface area (Å²) in [6.45, 7) is 4.08. The number of aromatic amines is 1. The summed E-state index contributed by atoms with van der Waals surface area (Å²) in [7, 11) is 0. The van der Waals surface area contributed by atoms with Crippen LogP contribution in [0.3, 0.4) is 0 Å². The Bertz CT molecular complexity index is 622. The van der Waals surface area contributed by atoms with E-state index in [-0.39, 0.29) is 5.91 Å². The number of aryl methyl sites for hydroxylation is 1. The summed E-state index contributed by atoms with van der Waals surface area (Å²) in [6.07, 6.45) is 4.33. The summed E-state index contributed by atoms with van der Waals surface area (Å²) in [4.78, 5) is 14.3. The van der Waals surface area contributed by atoms with Crippen molar-refractivity contribution < 1.29 is 9.53 Å². The molecule has 5 nitrogen and oxygen atoms in total. The van der Waals surface area contributed by atoms with E-state index < -0.39 is 0 Å². The van der Waals surface area contributed by atoms with Crippen molar-refractivity contribution in [2.45, 2.75) is 32.1 Å². The Morgan fingerprint density at radius 1 is 1.35 bits per heavy atom. The molecule has 0 radical (unpaired) electrons. The van der Waals surface area contributed by atoms with Gasteiger partial charge in [-0.3, -0.25) is 9.89 Å². The molecule has 3 rings (SSSR count). The van der Waals surface area contributed by atoms with Gasteiger partial charge in [-0.05, 0) is 38.0 Å². The molecule has 1 fully saturated rings. The van der Waals surface area contributed by atoms with E-state index in [1.165, 1.54) is 5.56 Å². The van der Waals surface area contributed by atoms with Gasteiger partial charge in [-0.1, -0.05) is 17.7 Å². The molecule has 0 unspecified atom stereocenters. The second-order valence-electron chi connectivity index (χ2n) is 6.10. The first-order chi connectivity index (χ1) is 11.2. The number of rotatable bonds is 5. The van der Waals surface area contributed by atoms with E-state index in [9.17, 15) is 4.79 Å². The van der Waals surface area contributed by atoms with Crippen LogP contribution in [-0.4, -0.2) is 40.7 Å². The smallest absolute Gasteiger partial charge is 0.226 e. The molecule has 0 bridgehead atoms. The van der Waals surface area contributed by atoms with Crippen molar-refractivity contribution in [3.8, 4) is 5.75 Å². The van der Waals surface area contributed by atoms with Crippen molar-refractivity contribution in [3.05, 3.63) is 47.8 Å². The first-order valence-corrected chi connectivity index (χ1v) is 8.19. The molecule has 0 spiro atoms. The average Bonchev–Trinajstić information content (AvgIpc) is 3.11. The first-order valence-electron chi connectivity index (χ1n) is 8.19. The topological polar surface area (TPSA) is 58.2 Å². The zero-order chi connectivity index (χ0) is 16.1. The van der Waals surface area contributed by atoms with Gasteiger partial charge < -0.3 is 9.64 Å². The van der Waals surface area contributed by atoms with Crippen LogP contribution in [0.25, 0.3) is 0 Å². The fourth-order valence-corrected chi connectivity index (χ4v) is 3.00. The normalized spacial score (nSPS) is 18.0. The number of H-pyrrole nitrogens is 1. The van der Waals surface area contributed by atoms with Crippen LogP contribution < -0.4 is 4.74 Å². The maximum atomic E-state index is 12.4. The molecule has 5 heteroatoms. The summed E-state index contributed by atoms with van der Waals surface area (Å²) >= 11 is 0. The molecule has 1 aromatic heterocycles. The Labute approximate surface area is 136 Å². The molecule has 0 aliphatic carbocycles. The van der Waals surface area contributed by atoms with Gasteiger partial charge in [0.05, 0.1) is 13.0 Å². The molecular weight excluding hydrogens is 290 g/mol. The highest BCUT2D eigenvalue weighted by molar-refractivity contribution is 5.76. The Morgan fingerprint density at radius 2 is 2.17 bits per heavy atom. The number of nitrogens with one attached hydrogen (secondary N) is 1. The predicted molar refractivity (Wildman–Crippen MR) is 88.4 cm³/mol. The number of hydrogen-bond donors (Lipinski definition) is 1. The second-order valence-corrected chi connectivity index (χ2v) is 6.10. The third-order valence-corrected chi connectivity index (χ3v) is 4.34. The highest BCUT2D eigenvalue weighted by Crippen LogP contribution is 2.25. The van der Waals surface area contributed by atoms with Crippen LogP contribution in [0.2, 0.25) is 0 Å². The van der Waals surface area contributed by atoms with Crippen LogP contribution in [-0.2, 0) is 4.79 Å². The highest BCUT2D eigenvalue weighted by Gasteiger charge is 2.25. The Balaban J connectivity index is 1.47. The van der Waals surface area contributed by atoms with Crippen molar-refractivity contribution in [1.82, 2.24) is 15.1 Å². The van der Waals surface area contributed by atoms with Crippen LogP contribution in [0.1, 0.15) is 36.4 Å². The minimum Gasteiger partial charge on any atom is -0.493 e. The van der Waals surface area contributed by atoms with Crippen molar-refractivity contribution >= 4 is 5.91 Å². The van der Waals surface area contributed by atoms with Crippen LogP contribution in [0.15, 0.2) is 36.5 Å². The molecule has 0 saturated carbocycles. The number of piperidine rings is 1. The SMILES string of the molecule is Cc1ccc(OCCC(=O)N2CCC[C@H](c3ccn[nH]3)C2)cc1. The fraction of sp³-hybridized carbons (Fsp3) is 0.444. The number of ether oxygens (including phenoxy) is 1. The molecule has 1 amide bonds. The van der Waals surface area contributed by atoms with Crippen molar-refractivity contribution in [1.29, 1.82) is 0 Å². The number of likely N-dealkylation sites (tertiary alicyclic amines) is 1. The van der Waals surface area contributed by atoms with Gasteiger partial charge in [0.2, 0.25) is 5.91 Å². The third-order valence-electron chi connectivity index (χ3n) is 4.34. The predicted octanol–water partition coefficient (Wildman–Crippen LogP) is 2.89. The Morgan fingerprint density at radius 3 is 2.91 bits per heavy atom. The molecular formula is C18H23N3O2. The zero-order valence-corrected chi connectivity index (χ0v) is 13.5. The molecule has 1 N–H and O–H groups in total. The number of benzene rings is 1. The molecule has 1 aliphatic rings. The number of hydrogen-bond acceptors (Lipinski definition) is 3.